The molecule has 1 aliphatic heterocycles. The largest absolute Gasteiger partial charge is 0.494 e. The van der Waals surface area contributed by atoms with Gasteiger partial charge in [0, 0.05) is 25.7 Å². The first-order chi connectivity index (χ1) is 9.50. The predicted octanol–water partition coefficient (Wildman–Crippen LogP) is 2.20. The van der Waals surface area contributed by atoms with Crippen molar-refractivity contribution in [3.63, 3.8) is 0 Å². The van der Waals surface area contributed by atoms with Crippen molar-refractivity contribution in [3.05, 3.63) is 29.8 Å². The Kier molecular flexibility index (Phi) is 5.02. The van der Waals surface area contributed by atoms with E-state index in [1.807, 2.05) is 19.1 Å². The molecule has 0 radical (unpaired) electrons. The lowest BCUT2D eigenvalue weighted by Crippen LogP contribution is -2.50. The second kappa shape index (κ2) is 6.57. The van der Waals surface area contributed by atoms with Gasteiger partial charge in [-0.25, -0.2) is 0 Å². The molecule has 0 aliphatic carbocycles. The van der Waals surface area contributed by atoms with Crippen LogP contribution in [0, 0.1) is 0 Å². The Balaban J connectivity index is 1.92. The molecule has 2 rings (SSSR count). The molecule has 1 unspecified atom stereocenters. The highest BCUT2D eigenvalue weighted by molar-refractivity contribution is 5.29. The Bertz CT molecular complexity index is 417. The first-order valence-electron chi connectivity index (χ1n) is 7.35. The van der Waals surface area contributed by atoms with E-state index >= 15 is 0 Å². The van der Waals surface area contributed by atoms with Gasteiger partial charge in [-0.2, -0.15) is 0 Å². The van der Waals surface area contributed by atoms with Crippen LogP contribution in [-0.2, 0) is 4.74 Å². The fourth-order valence-corrected chi connectivity index (χ4v) is 2.63. The van der Waals surface area contributed by atoms with Crippen molar-refractivity contribution in [2.24, 2.45) is 5.73 Å². The summed E-state index contributed by atoms with van der Waals surface area (Å²) in [6.07, 6.45) is 0. The van der Waals surface area contributed by atoms with Crippen LogP contribution in [0.15, 0.2) is 24.3 Å². The van der Waals surface area contributed by atoms with Crippen molar-refractivity contribution >= 4 is 0 Å². The van der Waals surface area contributed by atoms with Crippen LogP contribution in [0.1, 0.15) is 32.4 Å². The van der Waals surface area contributed by atoms with Crippen LogP contribution in [0.2, 0.25) is 0 Å². The molecule has 4 nitrogen and oxygen atoms in total. The van der Waals surface area contributed by atoms with E-state index in [9.17, 15) is 0 Å². The van der Waals surface area contributed by atoms with Crippen LogP contribution in [0.3, 0.4) is 0 Å². The van der Waals surface area contributed by atoms with Gasteiger partial charge in [0.25, 0.3) is 0 Å². The van der Waals surface area contributed by atoms with Gasteiger partial charge in [0.1, 0.15) is 5.75 Å². The Morgan fingerprint density at radius 1 is 1.35 bits per heavy atom. The van der Waals surface area contributed by atoms with E-state index < -0.39 is 0 Å². The Morgan fingerprint density at radius 3 is 2.65 bits per heavy atom. The minimum absolute atomic E-state index is 0.0274. The zero-order valence-corrected chi connectivity index (χ0v) is 12.8. The number of ether oxygens (including phenoxy) is 2. The summed E-state index contributed by atoms with van der Waals surface area (Å²) in [5.41, 5.74) is 7.39. The maximum atomic E-state index is 6.32. The quantitative estimate of drug-likeness (QED) is 0.897. The lowest BCUT2D eigenvalue weighted by molar-refractivity contribution is -0.0869. The fourth-order valence-electron chi connectivity index (χ4n) is 2.63. The topological polar surface area (TPSA) is 47.7 Å². The van der Waals surface area contributed by atoms with Gasteiger partial charge in [0.15, 0.2) is 0 Å². The average molecular weight is 278 g/mol. The zero-order valence-electron chi connectivity index (χ0n) is 12.8. The summed E-state index contributed by atoms with van der Waals surface area (Å²) >= 11 is 0. The molecule has 112 valence electrons. The third-order valence-electron chi connectivity index (χ3n) is 3.58. The number of nitrogens with zero attached hydrogens (tertiary/aromatic N) is 1. The van der Waals surface area contributed by atoms with E-state index in [0.717, 1.165) is 37.6 Å². The third-order valence-corrected chi connectivity index (χ3v) is 3.58. The molecule has 1 heterocycles. The van der Waals surface area contributed by atoms with E-state index in [1.165, 1.54) is 0 Å². The van der Waals surface area contributed by atoms with Crippen LogP contribution >= 0.6 is 0 Å². The van der Waals surface area contributed by atoms with Crippen LogP contribution in [0.25, 0.3) is 0 Å². The highest BCUT2D eigenvalue weighted by Crippen LogP contribution is 2.21. The highest BCUT2D eigenvalue weighted by Gasteiger charge is 2.28. The minimum Gasteiger partial charge on any atom is -0.494 e. The van der Waals surface area contributed by atoms with Gasteiger partial charge in [0.05, 0.1) is 18.8 Å². The fraction of sp³-hybridized carbons (Fsp3) is 0.625. The molecule has 20 heavy (non-hydrogen) atoms. The van der Waals surface area contributed by atoms with Crippen molar-refractivity contribution < 1.29 is 9.47 Å². The lowest BCUT2D eigenvalue weighted by Gasteiger charge is -2.39. The summed E-state index contributed by atoms with van der Waals surface area (Å²) in [6, 6.07) is 8.12. The molecule has 2 N–H and O–H groups in total. The van der Waals surface area contributed by atoms with Crippen molar-refractivity contribution in [1.82, 2.24) is 4.90 Å². The van der Waals surface area contributed by atoms with Crippen molar-refractivity contribution in [1.29, 1.82) is 0 Å². The van der Waals surface area contributed by atoms with Gasteiger partial charge in [0.2, 0.25) is 0 Å². The van der Waals surface area contributed by atoms with Gasteiger partial charge in [-0.1, -0.05) is 12.1 Å². The number of benzene rings is 1. The van der Waals surface area contributed by atoms with Crippen molar-refractivity contribution in [3.8, 4) is 5.75 Å². The third kappa shape index (κ3) is 4.20. The molecule has 0 spiro atoms. The summed E-state index contributed by atoms with van der Waals surface area (Å²) in [6.45, 7) is 10.5. The van der Waals surface area contributed by atoms with Crippen LogP contribution in [0.4, 0.5) is 0 Å². The van der Waals surface area contributed by atoms with Gasteiger partial charge >= 0.3 is 0 Å². The van der Waals surface area contributed by atoms with Crippen LogP contribution in [0.5, 0.6) is 5.75 Å². The zero-order chi connectivity index (χ0) is 14.6. The molecular formula is C16H26N2O2. The van der Waals surface area contributed by atoms with Crippen molar-refractivity contribution in [2.45, 2.75) is 32.4 Å². The van der Waals surface area contributed by atoms with E-state index in [-0.39, 0.29) is 11.6 Å². The SMILES string of the molecule is CCOc1ccc(C(N)CN2CCOC(C)(C)C2)cc1. The number of morpholine rings is 1. The maximum absolute atomic E-state index is 6.32. The first kappa shape index (κ1) is 15.3. The smallest absolute Gasteiger partial charge is 0.119 e. The molecule has 4 heteroatoms. The molecule has 1 saturated heterocycles. The monoisotopic (exact) mass is 278 g/mol. The highest BCUT2D eigenvalue weighted by atomic mass is 16.5. The molecular weight excluding hydrogens is 252 g/mol. The van der Waals surface area contributed by atoms with Crippen LogP contribution < -0.4 is 10.5 Å². The van der Waals surface area contributed by atoms with E-state index in [0.29, 0.717) is 6.61 Å². The molecule has 1 fully saturated rings. The van der Waals surface area contributed by atoms with Gasteiger partial charge in [-0.3, -0.25) is 4.90 Å². The normalized spacial score (nSPS) is 20.6. The molecule has 0 saturated carbocycles. The Morgan fingerprint density at radius 2 is 2.05 bits per heavy atom. The van der Waals surface area contributed by atoms with E-state index in [1.54, 1.807) is 0 Å². The van der Waals surface area contributed by atoms with Gasteiger partial charge < -0.3 is 15.2 Å². The summed E-state index contributed by atoms with van der Waals surface area (Å²) in [4.78, 5) is 2.38. The van der Waals surface area contributed by atoms with E-state index in [4.69, 9.17) is 15.2 Å². The average Bonchev–Trinajstić information content (AvgIpc) is 2.38. The maximum Gasteiger partial charge on any atom is 0.119 e. The molecule has 1 aliphatic rings. The number of hydrogen-bond acceptors (Lipinski definition) is 4. The molecule has 1 atom stereocenters. The molecule has 0 bridgehead atoms. The van der Waals surface area contributed by atoms with Crippen molar-refractivity contribution in [2.75, 3.05) is 32.8 Å². The molecule has 0 aromatic heterocycles. The lowest BCUT2D eigenvalue weighted by atomic mass is 10.0. The van der Waals surface area contributed by atoms with Crippen LogP contribution in [-0.4, -0.2) is 43.3 Å². The Labute approximate surface area is 121 Å². The molecule has 0 amide bonds. The second-order valence-electron chi connectivity index (χ2n) is 5.95. The standard InChI is InChI=1S/C16H26N2O2/c1-4-19-14-7-5-13(6-8-14)15(17)11-18-9-10-20-16(2,3)12-18/h5-8,15H,4,9-12,17H2,1-3H3. The summed E-state index contributed by atoms with van der Waals surface area (Å²) in [7, 11) is 0. The summed E-state index contributed by atoms with van der Waals surface area (Å²) in [5, 5.41) is 0. The number of rotatable bonds is 5. The molecule has 1 aromatic carbocycles. The first-order valence-corrected chi connectivity index (χ1v) is 7.35. The minimum atomic E-state index is -0.0726. The second-order valence-corrected chi connectivity index (χ2v) is 5.95. The predicted molar refractivity (Wildman–Crippen MR) is 81.0 cm³/mol. The molecule has 1 aromatic rings. The number of nitrogens with two attached hydrogens (primary N) is 1. The van der Waals surface area contributed by atoms with Gasteiger partial charge in [-0.15, -0.1) is 0 Å². The summed E-state index contributed by atoms with van der Waals surface area (Å²) < 4.78 is 11.2. The van der Waals surface area contributed by atoms with Gasteiger partial charge in [-0.05, 0) is 38.5 Å². The van der Waals surface area contributed by atoms with E-state index in [2.05, 4.69) is 30.9 Å². The summed E-state index contributed by atoms with van der Waals surface area (Å²) in [5.74, 6) is 0.899. The Hall–Kier alpha value is -1.10. The number of hydrogen-bond donors (Lipinski definition) is 1.